The van der Waals surface area contributed by atoms with Crippen LogP contribution in [-0.4, -0.2) is 19.3 Å². The number of hydrogen-bond donors (Lipinski definition) is 0. The van der Waals surface area contributed by atoms with Crippen molar-refractivity contribution in [1.82, 2.24) is 0 Å². The van der Waals surface area contributed by atoms with Crippen LogP contribution in [0.1, 0.15) is 13.8 Å². The molecule has 0 spiro atoms. The maximum Gasteiger partial charge on any atom is 0.187 e. The van der Waals surface area contributed by atoms with Crippen LogP contribution in [0.25, 0.3) is 0 Å². The van der Waals surface area contributed by atoms with E-state index < -0.39 is 0 Å². The maximum atomic E-state index is 2.42. The number of halogens is 2. The van der Waals surface area contributed by atoms with Gasteiger partial charge in [0.15, 0.2) is 17.4 Å². The van der Waals surface area contributed by atoms with Crippen molar-refractivity contribution < 1.29 is 0 Å². The second-order valence-electron chi connectivity index (χ2n) is 1.58. The number of alkyl halides is 2. The summed E-state index contributed by atoms with van der Waals surface area (Å²) in [5, 5.41) is 0. The fourth-order valence-corrected chi connectivity index (χ4v) is 0. The molecular formula is C4H11AlI2. The first kappa shape index (κ1) is 11.7. The average Bonchev–Trinajstić information content (AvgIpc) is 1.36. The standard InChI is InChI=1S/C4H8I2.Al.3H/c1-3(2)4(5)6;;;;/h3-4H,1-2H3;;;;. The molecule has 0 aromatic heterocycles. The van der Waals surface area contributed by atoms with Gasteiger partial charge in [-0.3, -0.25) is 0 Å². The van der Waals surface area contributed by atoms with Crippen molar-refractivity contribution in [2.24, 2.45) is 5.92 Å². The monoisotopic (exact) mass is 340 g/mol. The quantitative estimate of drug-likeness (QED) is 0.387. The molecule has 0 aliphatic heterocycles. The molecule has 0 heterocycles. The predicted molar refractivity (Wildman–Crippen MR) is 56.6 cm³/mol. The molecule has 0 saturated carbocycles. The highest BCUT2D eigenvalue weighted by molar-refractivity contribution is 14.2. The van der Waals surface area contributed by atoms with E-state index in [4.69, 9.17) is 0 Å². The zero-order chi connectivity index (χ0) is 5.15. The fourth-order valence-electron chi connectivity index (χ4n) is 0. The van der Waals surface area contributed by atoms with Crippen LogP contribution in [-0.2, 0) is 0 Å². The minimum atomic E-state index is 0. The highest BCUT2D eigenvalue weighted by Gasteiger charge is 1.99. The zero-order valence-corrected chi connectivity index (χ0v) is 8.23. The summed E-state index contributed by atoms with van der Waals surface area (Å²) >= 11 is 4.84. The highest BCUT2D eigenvalue weighted by atomic mass is 127. The van der Waals surface area contributed by atoms with Gasteiger partial charge in [-0.05, 0) is 5.92 Å². The van der Waals surface area contributed by atoms with Gasteiger partial charge in [-0.25, -0.2) is 0 Å². The van der Waals surface area contributed by atoms with Crippen LogP contribution < -0.4 is 0 Å². The van der Waals surface area contributed by atoms with E-state index in [1.54, 1.807) is 0 Å². The van der Waals surface area contributed by atoms with E-state index in [0.717, 1.165) is 7.85 Å². The third-order valence-electron chi connectivity index (χ3n) is 0.504. The first-order valence-corrected chi connectivity index (χ1v) is 4.42. The molecule has 0 aromatic rings. The van der Waals surface area contributed by atoms with Gasteiger partial charge in [0.05, 0.1) is 1.93 Å². The van der Waals surface area contributed by atoms with Crippen molar-refractivity contribution in [2.75, 3.05) is 0 Å². The lowest BCUT2D eigenvalue weighted by Crippen LogP contribution is -1.94. The molecule has 0 aliphatic rings. The largest absolute Gasteiger partial charge is 0.187 e. The molecule has 0 aromatic carbocycles. The third kappa shape index (κ3) is 7.99. The van der Waals surface area contributed by atoms with Crippen molar-refractivity contribution in [1.29, 1.82) is 0 Å². The molecule has 7 heavy (non-hydrogen) atoms. The predicted octanol–water partition coefficient (Wildman–Crippen LogP) is 1.65. The van der Waals surface area contributed by atoms with Gasteiger partial charge < -0.3 is 0 Å². The Morgan fingerprint density at radius 2 is 1.29 bits per heavy atom. The highest BCUT2D eigenvalue weighted by Crippen LogP contribution is 2.18. The Morgan fingerprint density at radius 3 is 1.29 bits per heavy atom. The van der Waals surface area contributed by atoms with E-state index in [9.17, 15) is 0 Å². The molecule has 0 saturated heterocycles. The number of rotatable bonds is 1. The number of hydrogen-bond acceptors (Lipinski definition) is 0. The Hall–Kier alpha value is 1.99. The van der Waals surface area contributed by atoms with Gasteiger partial charge in [0.25, 0.3) is 0 Å². The Labute approximate surface area is 83.2 Å². The van der Waals surface area contributed by atoms with E-state index in [2.05, 4.69) is 59.0 Å². The smallest absolute Gasteiger partial charge is 0.0707 e. The summed E-state index contributed by atoms with van der Waals surface area (Å²) in [5.41, 5.74) is 0. The van der Waals surface area contributed by atoms with Crippen LogP contribution in [0.15, 0.2) is 0 Å². The van der Waals surface area contributed by atoms with Gasteiger partial charge in [-0.2, -0.15) is 0 Å². The van der Waals surface area contributed by atoms with E-state index in [0.29, 0.717) is 0 Å². The fraction of sp³-hybridized carbons (Fsp3) is 1.00. The molecular weight excluding hydrogens is 329 g/mol. The van der Waals surface area contributed by atoms with Crippen LogP contribution in [0.4, 0.5) is 0 Å². The molecule has 0 rings (SSSR count). The van der Waals surface area contributed by atoms with Crippen LogP contribution in [0.2, 0.25) is 0 Å². The summed E-state index contributed by atoms with van der Waals surface area (Å²) in [6, 6.07) is 0. The van der Waals surface area contributed by atoms with Gasteiger partial charge in [-0.15, -0.1) is 0 Å². The normalized spacial score (nSPS) is 9.43. The first-order chi connectivity index (χ1) is 2.64. The van der Waals surface area contributed by atoms with Crippen molar-refractivity contribution >= 4 is 62.5 Å². The van der Waals surface area contributed by atoms with Gasteiger partial charge >= 0.3 is 0 Å². The van der Waals surface area contributed by atoms with Crippen LogP contribution in [0.3, 0.4) is 0 Å². The molecule has 0 amide bonds. The molecule has 3 heteroatoms. The molecule has 0 N–H and O–H groups in total. The van der Waals surface area contributed by atoms with Crippen molar-refractivity contribution in [3.8, 4) is 0 Å². The van der Waals surface area contributed by atoms with Crippen LogP contribution >= 0.6 is 45.2 Å². The molecule has 0 aliphatic carbocycles. The SMILES string of the molecule is CC(C)C(I)I.[AlH3]. The van der Waals surface area contributed by atoms with E-state index in [-0.39, 0.29) is 17.4 Å². The molecule has 0 bridgehead atoms. The Bertz CT molecular complexity index is 30.7. The van der Waals surface area contributed by atoms with Gasteiger partial charge in [0, 0.05) is 0 Å². The summed E-state index contributed by atoms with van der Waals surface area (Å²) in [6.45, 7) is 4.45. The summed E-state index contributed by atoms with van der Waals surface area (Å²) < 4.78 is 0.792. The lowest BCUT2D eigenvalue weighted by molar-refractivity contribution is 0.749. The summed E-state index contributed by atoms with van der Waals surface area (Å²) in [7, 11) is 0. The summed E-state index contributed by atoms with van der Waals surface area (Å²) in [6.07, 6.45) is 0. The van der Waals surface area contributed by atoms with Crippen molar-refractivity contribution in [2.45, 2.75) is 15.8 Å². The molecule has 44 valence electrons. The van der Waals surface area contributed by atoms with Gasteiger partial charge in [0.1, 0.15) is 0 Å². The topological polar surface area (TPSA) is 0 Å². The van der Waals surface area contributed by atoms with Crippen molar-refractivity contribution in [3.63, 3.8) is 0 Å². The molecule has 0 fully saturated rings. The van der Waals surface area contributed by atoms with E-state index in [1.165, 1.54) is 0 Å². The maximum absolute atomic E-state index is 2.42. The molecule has 0 radical (unpaired) electrons. The second kappa shape index (κ2) is 6.12. The lowest BCUT2D eigenvalue weighted by atomic mass is 10.3. The lowest BCUT2D eigenvalue weighted by Gasteiger charge is -2.01. The summed E-state index contributed by atoms with van der Waals surface area (Å²) in [4.78, 5) is 0. The Kier molecular flexibility index (Phi) is 10.3. The van der Waals surface area contributed by atoms with E-state index in [1.807, 2.05) is 0 Å². The van der Waals surface area contributed by atoms with Crippen molar-refractivity contribution in [3.05, 3.63) is 0 Å². The first-order valence-electron chi connectivity index (χ1n) is 1.92. The Balaban J connectivity index is 0. The third-order valence-corrected chi connectivity index (χ3v) is 3.38. The van der Waals surface area contributed by atoms with Crippen LogP contribution in [0, 0.1) is 5.92 Å². The molecule has 0 nitrogen and oxygen atoms in total. The Morgan fingerprint density at radius 1 is 1.14 bits per heavy atom. The zero-order valence-electron chi connectivity index (χ0n) is 3.91. The minimum absolute atomic E-state index is 0. The van der Waals surface area contributed by atoms with E-state index >= 15 is 0 Å². The van der Waals surface area contributed by atoms with Crippen LogP contribution in [0.5, 0.6) is 0 Å². The second-order valence-corrected chi connectivity index (χ2v) is 6.65. The van der Waals surface area contributed by atoms with Gasteiger partial charge in [-0.1, -0.05) is 59.0 Å². The average molecular weight is 340 g/mol. The van der Waals surface area contributed by atoms with Gasteiger partial charge in [0.2, 0.25) is 0 Å². The molecule has 0 atom stereocenters. The summed E-state index contributed by atoms with van der Waals surface area (Å²) in [5.74, 6) is 0.825. The minimum Gasteiger partial charge on any atom is -0.0707 e. The molecule has 0 unspecified atom stereocenters.